The molecular formula is C16H17BF6O2. The van der Waals surface area contributed by atoms with E-state index in [4.69, 9.17) is 9.31 Å². The lowest BCUT2D eigenvalue weighted by Gasteiger charge is -2.32. The summed E-state index contributed by atoms with van der Waals surface area (Å²) in [6.07, 6.45) is -9.85. The van der Waals surface area contributed by atoms with Crippen molar-refractivity contribution in [1.29, 1.82) is 0 Å². The summed E-state index contributed by atoms with van der Waals surface area (Å²) in [6.45, 7) is 10.5. The number of rotatable bonds is 2. The molecule has 1 saturated heterocycles. The second-order valence-electron chi connectivity index (χ2n) is 6.91. The standard InChI is InChI=1S/C16H17BF6O2/c1-9(17-24-13(2,3)14(4,5)25-17)10-6-11(15(18,19)20)8-12(7-10)16(21,22)23/h6-8H,1H2,2-5H3. The Hall–Kier alpha value is -1.48. The van der Waals surface area contributed by atoms with Crippen LogP contribution in [0.1, 0.15) is 44.4 Å². The van der Waals surface area contributed by atoms with Crippen molar-refractivity contribution in [3.63, 3.8) is 0 Å². The number of halogens is 6. The van der Waals surface area contributed by atoms with Crippen LogP contribution in [0.4, 0.5) is 26.3 Å². The molecule has 138 valence electrons. The molecule has 25 heavy (non-hydrogen) atoms. The van der Waals surface area contributed by atoms with Gasteiger partial charge in [-0.05, 0) is 56.9 Å². The monoisotopic (exact) mass is 366 g/mol. The van der Waals surface area contributed by atoms with E-state index in [1.54, 1.807) is 27.7 Å². The maximum absolute atomic E-state index is 13.0. The van der Waals surface area contributed by atoms with E-state index in [0.717, 1.165) is 0 Å². The molecule has 1 heterocycles. The minimum Gasteiger partial charge on any atom is -0.399 e. The Morgan fingerprint density at radius 3 is 1.52 bits per heavy atom. The van der Waals surface area contributed by atoms with E-state index in [-0.39, 0.29) is 17.1 Å². The number of alkyl halides is 6. The van der Waals surface area contributed by atoms with Gasteiger partial charge in [-0.3, -0.25) is 0 Å². The molecule has 2 nitrogen and oxygen atoms in total. The highest BCUT2D eigenvalue weighted by Crippen LogP contribution is 2.42. The third-order valence-electron chi connectivity index (χ3n) is 4.50. The van der Waals surface area contributed by atoms with Crippen molar-refractivity contribution in [1.82, 2.24) is 0 Å². The summed E-state index contributed by atoms with van der Waals surface area (Å²) >= 11 is 0. The van der Waals surface area contributed by atoms with Gasteiger partial charge >= 0.3 is 19.5 Å². The van der Waals surface area contributed by atoms with Gasteiger partial charge in [-0.1, -0.05) is 6.58 Å². The smallest absolute Gasteiger partial charge is 0.399 e. The van der Waals surface area contributed by atoms with Crippen molar-refractivity contribution >= 4 is 12.6 Å². The molecule has 0 aliphatic carbocycles. The lowest BCUT2D eigenvalue weighted by atomic mass is 9.74. The zero-order valence-electron chi connectivity index (χ0n) is 14.1. The third-order valence-corrected chi connectivity index (χ3v) is 4.50. The predicted octanol–water partition coefficient (Wildman–Crippen LogP) is 5.37. The van der Waals surface area contributed by atoms with Crippen molar-refractivity contribution in [2.24, 2.45) is 0 Å². The zero-order chi connectivity index (χ0) is 19.4. The first kappa shape index (κ1) is 19.8. The average molecular weight is 366 g/mol. The Balaban J connectivity index is 2.47. The van der Waals surface area contributed by atoms with Gasteiger partial charge in [0.2, 0.25) is 0 Å². The third kappa shape index (κ3) is 3.87. The summed E-state index contributed by atoms with van der Waals surface area (Å²) in [6, 6.07) is 1.30. The fourth-order valence-electron chi connectivity index (χ4n) is 2.26. The Morgan fingerprint density at radius 2 is 1.20 bits per heavy atom. The van der Waals surface area contributed by atoms with Gasteiger partial charge in [0.25, 0.3) is 0 Å². The largest absolute Gasteiger partial charge is 0.494 e. The van der Waals surface area contributed by atoms with Gasteiger partial charge in [-0.25, -0.2) is 0 Å². The van der Waals surface area contributed by atoms with Gasteiger partial charge in [0.05, 0.1) is 22.3 Å². The molecule has 0 saturated carbocycles. The van der Waals surface area contributed by atoms with Crippen LogP contribution in [0, 0.1) is 0 Å². The lowest BCUT2D eigenvalue weighted by molar-refractivity contribution is -0.143. The van der Waals surface area contributed by atoms with Crippen LogP contribution in [0.2, 0.25) is 0 Å². The number of hydrogen-bond acceptors (Lipinski definition) is 2. The molecule has 0 bridgehead atoms. The van der Waals surface area contributed by atoms with Gasteiger partial charge in [0, 0.05) is 0 Å². The molecule has 9 heteroatoms. The number of benzene rings is 1. The van der Waals surface area contributed by atoms with Crippen LogP contribution in [-0.2, 0) is 21.7 Å². The number of hydrogen-bond donors (Lipinski definition) is 0. The van der Waals surface area contributed by atoms with E-state index in [9.17, 15) is 26.3 Å². The van der Waals surface area contributed by atoms with Gasteiger partial charge in [-0.15, -0.1) is 0 Å². The second kappa shape index (κ2) is 5.77. The first-order valence-electron chi connectivity index (χ1n) is 7.39. The van der Waals surface area contributed by atoms with Crippen molar-refractivity contribution in [2.45, 2.75) is 51.2 Å². The van der Waals surface area contributed by atoms with E-state index in [2.05, 4.69) is 6.58 Å². The maximum atomic E-state index is 13.0. The van der Waals surface area contributed by atoms with Crippen LogP contribution in [0.25, 0.3) is 5.47 Å². The molecule has 0 N–H and O–H groups in total. The first-order chi connectivity index (χ1) is 11.0. The zero-order valence-corrected chi connectivity index (χ0v) is 14.1. The molecular weight excluding hydrogens is 349 g/mol. The quantitative estimate of drug-likeness (QED) is 0.518. The maximum Gasteiger partial charge on any atom is 0.494 e. The van der Waals surface area contributed by atoms with Crippen molar-refractivity contribution < 1.29 is 35.7 Å². The van der Waals surface area contributed by atoms with Crippen LogP contribution < -0.4 is 0 Å². The molecule has 0 unspecified atom stereocenters. The van der Waals surface area contributed by atoms with Crippen LogP contribution in [-0.4, -0.2) is 18.3 Å². The van der Waals surface area contributed by atoms with Gasteiger partial charge in [-0.2, -0.15) is 26.3 Å². The minimum absolute atomic E-state index is 0.0705. The molecule has 0 atom stereocenters. The fraction of sp³-hybridized carbons (Fsp3) is 0.500. The SMILES string of the molecule is C=C(B1OC(C)(C)C(C)(C)O1)c1cc(C(F)(F)F)cc(C(F)(F)F)c1. The van der Waals surface area contributed by atoms with E-state index >= 15 is 0 Å². The minimum atomic E-state index is -4.92. The molecule has 0 spiro atoms. The molecule has 0 aromatic heterocycles. The van der Waals surface area contributed by atoms with E-state index in [1.807, 2.05) is 0 Å². The van der Waals surface area contributed by atoms with Gasteiger partial charge < -0.3 is 9.31 Å². The Bertz CT molecular complexity index is 643. The Kier molecular flexibility index (Phi) is 4.58. The lowest BCUT2D eigenvalue weighted by Crippen LogP contribution is -2.41. The average Bonchev–Trinajstić information content (AvgIpc) is 2.64. The van der Waals surface area contributed by atoms with Crippen LogP contribution in [0.15, 0.2) is 24.8 Å². The summed E-state index contributed by atoms with van der Waals surface area (Å²) in [5, 5.41) is 0. The van der Waals surface area contributed by atoms with Gasteiger partial charge in [0.15, 0.2) is 0 Å². The highest BCUT2D eigenvalue weighted by molar-refractivity contribution is 6.68. The van der Waals surface area contributed by atoms with Crippen molar-refractivity contribution in [2.75, 3.05) is 0 Å². The van der Waals surface area contributed by atoms with Crippen molar-refractivity contribution in [3.05, 3.63) is 41.5 Å². The van der Waals surface area contributed by atoms with E-state index in [0.29, 0.717) is 12.1 Å². The molecule has 0 amide bonds. The van der Waals surface area contributed by atoms with Crippen LogP contribution in [0.5, 0.6) is 0 Å². The van der Waals surface area contributed by atoms with E-state index < -0.39 is 41.8 Å². The van der Waals surface area contributed by atoms with Crippen LogP contribution in [0.3, 0.4) is 0 Å². The predicted molar refractivity (Wildman–Crippen MR) is 81.6 cm³/mol. The molecule has 1 aliphatic rings. The topological polar surface area (TPSA) is 18.5 Å². The normalized spacial score (nSPS) is 20.0. The van der Waals surface area contributed by atoms with Crippen LogP contribution >= 0.6 is 0 Å². The first-order valence-corrected chi connectivity index (χ1v) is 7.39. The molecule has 1 fully saturated rings. The molecule has 2 rings (SSSR count). The van der Waals surface area contributed by atoms with E-state index in [1.165, 1.54) is 0 Å². The highest BCUT2D eigenvalue weighted by atomic mass is 19.4. The fourth-order valence-corrected chi connectivity index (χ4v) is 2.26. The summed E-state index contributed by atoms with van der Waals surface area (Å²) in [5.41, 5.74) is -4.84. The molecule has 1 aromatic carbocycles. The molecule has 1 aromatic rings. The Morgan fingerprint density at radius 1 is 0.840 bits per heavy atom. The Labute approximate surface area is 141 Å². The summed E-state index contributed by atoms with van der Waals surface area (Å²) in [7, 11) is -1.14. The molecule has 1 aliphatic heterocycles. The summed E-state index contributed by atoms with van der Waals surface area (Å²) in [4.78, 5) is 0. The molecule has 0 radical (unpaired) electrons. The van der Waals surface area contributed by atoms with Crippen molar-refractivity contribution in [3.8, 4) is 0 Å². The highest BCUT2D eigenvalue weighted by Gasteiger charge is 2.52. The second-order valence-corrected chi connectivity index (χ2v) is 6.91. The summed E-state index contributed by atoms with van der Waals surface area (Å²) < 4.78 is 89.1. The summed E-state index contributed by atoms with van der Waals surface area (Å²) in [5.74, 6) is 0. The van der Waals surface area contributed by atoms with Gasteiger partial charge in [0.1, 0.15) is 0 Å².